The number of aliphatic hydroxyl groups excluding tert-OH is 1. The van der Waals surface area contributed by atoms with Gasteiger partial charge < -0.3 is 9.94 Å². The van der Waals surface area contributed by atoms with Gasteiger partial charge in [0.15, 0.2) is 6.10 Å². The van der Waals surface area contributed by atoms with Crippen molar-refractivity contribution >= 4 is 5.71 Å². The van der Waals surface area contributed by atoms with Crippen LogP contribution in [-0.2, 0) is 17.3 Å². The van der Waals surface area contributed by atoms with Crippen LogP contribution in [0.1, 0.15) is 38.4 Å². The van der Waals surface area contributed by atoms with E-state index in [1.807, 2.05) is 13.2 Å². The summed E-state index contributed by atoms with van der Waals surface area (Å²) in [6.45, 7) is 6.37. The zero-order valence-corrected chi connectivity index (χ0v) is 10.8. The van der Waals surface area contributed by atoms with Gasteiger partial charge in [-0.25, -0.2) is 0 Å². The summed E-state index contributed by atoms with van der Waals surface area (Å²) in [4.78, 5) is 5.15. The standard InChI is InChI=1S/C12H19N3O2/c1-12(2,3)11-9(6-15(4)13-11)10-5-8(7-16)17-14-10/h6,8,16H,5,7H2,1-4H3. The second-order valence-corrected chi connectivity index (χ2v) is 5.47. The van der Waals surface area contributed by atoms with E-state index in [1.54, 1.807) is 4.68 Å². The van der Waals surface area contributed by atoms with Crippen molar-refractivity contribution in [2.75, 3.05) is 6.61 Å². The highest BCUT2D eigenvalue weighted by Gasteiger charge is 2.29. The molecule has 5 heteroatoms. The fraction of sp³-hybridized carbons (Fsp3) is 0.667. The van der Waals surface area contributed by atoms with Crippen LogP contribution in [0.2, 0.25) is 0 Å². The molecule has 94 valence electrons. The van der Waals surface area contributed by atoms with Gasteiger partial charge >= 0.3 is 0 Å². The molecular formula is C12H19N3O2. The lowest BCUT2D eigenvalue weighted by atomic mass is 9.87. The summed E-state index contributed by atoms with van der Waals surface area (Å²) in [7, 11) is 1.90. The van der Waals surface area contributed by atoms with Crippen LogP contribution >= 0.6 is 0 Å². The van der Waals surface area contributed by atoms with Crippen molar-refractivity contribution < 1.29 is 9.94 Å². The Balaban J connectivity index is 2.34. The van der Waals surface area contributed by atoms with Gasteiger partial charge in [0.2, 0.25) is 0 Å². The largest absolute Gasteiger partial charge is 0.392 e. The minimum absolute atomic E-state index is 0.00187. The van der Waals surface area contributed by atoms with Crippen molar-refractivity contribution in [1.29, 1.82) is 0 Å². The predicted octanol–water partition coefficient (Wildman–Crippen LogP) is 1.20. The van der Waals surface area contributed by atoms with Crippen LogP contribution in [0.25, 0.3) is 0 Å². The Morgan fingerprint density at radius 1 is 1.53 bits per heavy atom. The predicted molar refractivity (Wildman–Crippen MR) is 65.0 cm³/mol. The first-order chi connectivity index (χ1) is 7.91. The summed E-state index contributed by atoms with van der Waals surface area (Å²) >= 11 is 0. The third kappa shape index (κ3) is 2.34. The normalized spacial score (nSPS) is 20.3. The van der Waals surface area contributed by atoms with E-state index in [-0.39, 0.29) is 18.1 Å². The third-order valence-corrected chi connectivity index (χ3v) is 2.79. The molecule has 5 nitrogen and oxygen atoms in total. The molecule has 0 radical (unpaired) electrons. The lowest BCUT2D eigenvalue weighted by molar-refractivity contribution is 0.0390. The summed E-state index contributed by atoms with van der Waals surface area (Å²) < 4.78 is 1.80. The zero-order chi connectivity index (χ0) is 12.6. The first-order valence-electron chi connectivity index (χ1n) is 5.80. The zero-order valence-electron chi connectivity index (χ0n) is 10.8. The molecular weight excluding hydrogens is 218 g/mol. The van der Waals surface area contributed by atoms with Gasteiger partial charge in [-0.1, -0.05) is 25.9 Å². The highest BCUT2D eigenvalue weighted by atomic mass is 16.6. The molecule has 1 N–H and O–H groups in total. The van der Waals surface area contributed by atoms with E-state index < -0.39 is 0 Å². The lowest BCUT2D eigenvalue weighted by Gasteiger charge is -2.17. The molecule has 0 aliphatic carbocycles. The van der Waals surface area contributed by atoms with Crippen LogP contribution in [0.15, 0.2) is 11.4 Å². The van der Waals surface area contributed by atoms with Gasteiger partial charge in [0.05, 0.1) is 18.0 Å². The summed E-state index contributed by atoms with van der Waals surface area (Å²) in [5.74, 6) is 0. The lowest BCUT2D eigenvalue weighted by Crippen LogP contribution is -2.18. The first kappa shape index (κ1) is 12.1. The number of aliphatic hydroxyl groups is 1. The fourth-order valence-electron chi connectivity index (χ4n) is 1.94. The van der Waals surface area contributed by atoms with Gasteiger partial charge in [-0.15, -0.1) is 0 Å². The van der Waals surface area contributed by atoms with Gasteiger partial charge in [0.1, 0.15) is 0 Å². The van der Waals surface area contributed by atoms with Gasteiger partial charge in [0, 0.05) is 30.6 Å². The number of rotatable bonds is 2. The van der Waals surface area contributed by atoms with E-state index in [4.69, 9.17) is 9.94 Å². The summed E-state index contributed by atoms with van der Waals surface area (Å²) in [5.41, 5.74) is 2.88. The molecule has 0 saturated carbocycles. The molecule has 1 unspecified atom stereocenters. The average molecular weight is 237 g/mol. The van der Waals surface area contributed by atoms with E-state index in [0.717, 1.165) is 17.0 Å². The number of hydrogen-bond donors (Lipinski definition) is 1. The van der Waals surface area contributed by atoms with E-state index in [2.05, 4.69) is 31.0 Å². The van der Waals surface area contributed by atoms with Crippen LogP contribution < -0.4 is 0 Å². The summed E-state index contributed by atoms with van der Waals surface area (Å²) in [6, 6.07) is 0. The molecule has 0 fully saturated rings. The van der Waals surface area contributed by atoms with Gasteiger partial charge in [0.25, 0.3) is 0 Å². The molecule has 2 heterocycles. The maximum absolute atomic E-state index is 9.05. The fourth-order valence-corrected chi connectivity index (χ4v) is 1.94. The minimum atomic E-state index is -0.210. The summed E-state index contributed by atoms with van der Waals surface area (Å²) in [5, 5.41) is 17.6. The van der Waals surface area contributed by atoms with Gasteiger partial charge in [-0.3, -0.25) is 4.68 Å². The smallest absolute Gasteiger partial charge is 0.156 e. The number of aromatic nitrogens is 2. The SMILES string of the molecule is Cn1cc(C2=NOC(CO)C2)c(C(C)(C)C)n1. The Hall–Kier alpha value is -1.36. The quantitative estimate of drug-likeness (QED) is 0.841. The number of hydrogen-bond acceptors (Lipinski definition) is 4. The van der Waals surface area contributed by atoms with Crippen LogP contribution in [0.5, 0.6) is 0 Å². The molecule has 0 amide bonds. The monoisotopic (exact) mass is 237 g/mol. The molecule has 0 saturated heterocycles. The second kappa shape index (κ2) is 4.14. The topological polar surface area (TPSA) is 59.6 Å². The minimum Gasteiger partial charge on any atom is -0.392 e. The molecule has 0 bridgehead atoms. The molecule has 1 aliphatic heterocycles. The van der Waals surface area contributed by atoms with Gasteiger partial charge in [-0.05, 0) is 0 Å². The highest BCUT2D eigenvalue weighted by Crippen LogP contribution is 2.27. The van der Waals surface area contributed by atoms with Crippen molar-refractivity contribution in [1.82, 2.24) is 9.78 Å². The Labute approximate surface area is 101 Å². The molecule has 0 aromatic carbocycles. The summed E-state index contributed by atoms with van der Waals surface area (Å²) in [6.07, 6.45) is 2.39. The van der Waals surface area contributed by atoms with Crippen LogP contribution in [-0.4, -0.2) is 33.3 Å². The van der Waals surface area contributed by atoms with Crippen LogP contribution in [0.3, 0.4) is 0 Å². The third-order valence-electron chi connectivity index (χ3n) is 2.79. The number of nitrogens with zero attached hydrogens (tertiary/aromatic N) is 3. The number of aryl methyl sites for hydroxylation is 1. The van der Waals surface area contributed by atoms with Gasteiger partial charge in [-0.2, -0.15) is 5.10 Å². The Morgan fingerprint density at radius 2 is 2.24 bits per heavy atom. The maximum atomic E-state index is 9.05. The molecule has 1 aromatic rings. The molecule has 2 rings (SSSR count). The molecule has 1 aliphatic rings. The van der Waals surface area contributed by atoms with Crippen LogP contribution in [0.4, 0.5) is 0 Å². The second-order valence-electron chi connectivity index (χ2n) is 5.47. The number of oxime groups is 1. The maximum Gasteiger partial charge on any atom is 0.156 e. The Kier molecular flexibility index (Phi) is 2.95. The molecule has 1 atom stereocenters. The Bertz CT molecular complexity index is 443. The average Bonchev–Trinajstić information content (AvgIpc) is 2.81. The van der Waals surface area contributed by atoms with Crippen molar-refractivity contribution in [2.24, 2.45) is 12.2 Å². The first-order valence-corrected chi connectivity index (χ1v) is 5.80. The van der Waals surface area contributed by atoms with Crippen LogP contribution in [0, 0.1) is 0 Å². The molecule has 1 aromatic heterocycles. The highest BCUT2D eigenvalue weighted by molar-refractivity contribution is 6.02. The van der Waals surface area contributed by atoms with Crippen molar-refractivity contribution in [3.8, 4) is 0 Å². The molecule has 17 heavy (non-hydrogen) atoms. The van der Waals surface area contributed by atoms with Crippen molar-refractivity contribution in [2.45, 2.75) is 38.7 Å². The Morgan fingerprint density at radius 3 is 2.76 bits per heavy atom. The van der Waals surface area contributed by atoms with E-state index in [1.165, 1.54) is 0 Å². The van der Waals surface area contributed by atoms with E-state index in [0.29, 0.717) is 6.42 Å². The molecule has 0 spiro atoms. The van der Waals surface area contributed by atoms with E-state index in [9.17, 15) is 0 Å². The van der Waals surface area contributed by atoms with Crippen molar-refractivity contribution in [3.63, 3.8) is 0 Å². The van der Waals surface area contributed by atoms with Crippen molar-refractivity contribution in [3.05, 3.63) is 17.5 Å². The van der Waals surface area contributed by atoms with E-state index >= 15 is 0 Å².